The highest BCUT2D eigenvalue weighted by Gasteiger charge is 2.22. The van der Waals surface area contributed by atoms with E-state index in [2.05, 4.69) is 15.4 Å². The molecule has 0 spiro atoms. The molecule has 6 nitrogen and oxygen atoms in total. The van der Waals surface area contributed by atoms with Gasteiger partial charge in [0.15, 0.2) is 0 Å². The number of aryl methyl sites for hydroxylation is 1. The topological polar surface area (TPSA) is 83.6 Å². The van der Waals surface area contributed by atoms with Crippen LogP contribution >= 0.6 is 0 Å². The number of nitrogens with zero attached hydrogens (tertiary/aromatic N) is 4. The maximum absolute atomic E-state index is 12.3. The maximum atomic E-state index is 12.3. The van der Waals surface area contributed by atoms with E-state index >= 15 is 0 Å². The summed E-state index contributed by atoms with van der Waals surface area (Å²) in [6.07, 6.45) is 2.94. The van der Waals surface area contributed by atoms with Gasteiger partial charge < -0.3 is 5.32 Å². The van der Waals surface area contributed by atoms with Gasteiger partial charge in [0.2, 0.25) is 0 Å². The minimum absolute atomic E-state index is 0.134. The molecule has 0 aliphatic carbocycles. The van der Waals surface area contributed by atoms with Crippen molar-refractivity contribution in [3.8, 4) is 6.07 Å². The van der Waals surface area contributed by atoms with E-state index in [1.54, 1.807) is 23.9 Å². The molecule has 0 aromatic carbocycles. The highest BCUT2D eigenvalue weighted by atomic mass is 16.2. The summed E-state index contributed by atoms with van der Waals surface area (Å²) in [7, 11) is 1.72. The van der Waals surface area contributed by atoms with Crippen LogP contribution in [-0.2, 0) is 12.5 Å². The Kier molecular flexibility index (Phi) is 3.76. The summed E-state index contributed by atoms with van der Waals surface area (Å²) in [6, 6.07) is 5.36. The highest BCUT2D eigenvalue weighted by molar-refractivity contribution is 6.03. The van der Waals surface area contributed by atoms with E-state index in [4.69, 9.17) is 5.26 Å². The Morgan fingerprint density at radius 2 is 2.14 bits per heavy atom. The molecule has 0 aliphatic heterocycles. The lowest BCUT2D eigenvalue weighted by atomic mass is 9.92. The van der Waals surface area contributed by atoms with Crippen LogP contribution < -0.4 is 5.32 Å². The van der Waals surface area contributed by atoms with Crippen LogP contribution in [0.5, 0.6) is 0 Å². The number of hydrogen-bond donors (Lipinski definition) is 1. The fraction of sp³-hybridized carbons (Fsp3) is 0.333. The molecule has 0 radical (unpaired) electrons. The maximum Gasteiger partial charge on any atom is 0.273 e. The monoisotopic (exact) mass is 283 g/mol. The van der Waals surface area contributed by atoms with Crippen LogP contribution in [-0.4, -0.2) is 20.7 Å². The van der Waals surface area contributed by atoms with Crippen LogP contribution in [0.1, 0.15) is 42.5 Å². The van der Waals surface area contributed by atoms with Gasteiger partial charge in [-0.05, 0) is 12.1 Å². The average molecular weight is 283 g/mol. The van der Waals surface area contributed by atoms with Gasteiger partial charge in [0.05, 0.1) is 16.9 Å². The van der Waals surface area contributed by atoms with Crippen molar-refractivity contribution in [2.75, 3.05) is 5.32 Å². The number of aromatic nitrogens is 3. The van der Waals surface area contributed by atoms with Crippen molar-refractivity contribution < 1.29 is 4.79 Å². The normalized spacial score (nSPS) is 11.0. The molecule has 2 rings (SSSR count). The van der Waals surface area contributed by atoms with Crippen LogP contribution in [0.25, 0.3) is 0 Å². The smallest absolute Gasteiger partial charge is 0.273 e. The van der Waals surface area contributed by atoms with Crippen molar-refractivity contribution in [2.24, 2.45) is 7.05 Å². The van der Waals surface area contributed by atoms with Gasteiger partial charge in [-0.15, -0.1) is 0 Å². The Balaban J connectivity index is 2.30. The van der Waals surface area contributed by atoms with Gasteiger partial charge in [-0.25, -0.2) is 0 Å². The third-order valence-corrected chi connectivity index (χ3v) is 3.07. The number of nitriles is 1. The van der Waals surface area contributed by atoms with E-state index in [9.17, 15) is 4.79 Å². The quantitative estimate of drug-likeness (QED) is 0.916. The van der Waals surface area contributed by atoms with Crippen LogP contribution in [0, 0.1) is 11.3 Å². The van der Waals surface area contributed by atoms with Gasteiger partial charge in [-0.2, -0.15) is 10.4 Å². The fourth-order valence-electron chi connectivity index (χ4n) is 1.83. The summed E-state index contributed by atoms with van der Waals surface area (Å²) in [5, 5.41) is 16.1. The molecule has 0 atom stereocenters. The lowest BCUT2D eigenvalue weighted by molar-refractivity contribution is 0.101. The van der Waals surface area contributed by atoms with E-state index in [1.807, 2.05) is 26.8 Å². The van der Waals surface area contributed by atoms with Crippen molar-refractivity contribution in [2.45, 2.75) is 26.2 Å². The van der Waals surface area contributed by atoms with Crippen molar-refractivity contribution in [3.05, 3.63) is 41.5 Å². The second kappa shape index (κ2) is 5.37. The van der Waals surface area contributed by atoms with Crippen molar-refractivity contribution >= 4 is 11.6 Å². The summed E-state index contributed by atoms with van der Waals surface area (Å²) in [6.45, 7) is 6.11. The van der Waals surface area contributed by atoms with Crippen molar-refractivity contribution in [1.82, 2.24) is 14.8 Å². The van der Waals surface area contributed by atoms with Gasteiger partial charge in [-0.1, -0.05) is 20.8 Å². The number of amides is 1. The van der Waals surface area contributed by atoms with Crippen molar-refractivity contribution in [1.29, 1.82) is 5.26 Å². The Hall–Kier alpha value is -2.68. The predicted molar refractivity (Wildman–Crippen MR) is 78.8 cm³/mol. The molecule has 1 amide bonds. The third kappa shape index (κ3) is 3.08. The van der Waals surface area contributed by atoms with E-state index < -0.39 is 0 Å². The Morgan fingerprint density at radius 3 is 2.71 bits per heavy atom. The van der Waals surface area contributed by atoms with Crippen LogP contribution in [0.2, 0.25) is 0 Å². The second-order valence-electron chi connectivity index (χ2n) is 5.78. The van der Waals surface area contributed by atoms with Gasteiger partial charge >= 0.3 is 0 Å². The Bertz CT molecular complexity index is 718. The SMILES string of the molecule is Cn1nc(C(C)(C)C)cc1C(=O)Nc1ccncc1C#N. The van der Waals surface area contributed by atoms with Crippen LogP contribution in [0.15, 0.2) is 24.5 Å². The molecule has 0 bridgehead atoms. The minimum atomic E-state index is -0.303. The second-order valence-corrected chi connectivity index (χ2v) is 5.78. The first-order valence-electron chi connectivity index (χ1n) is 6.53. The molecule has 0 fully saturated rings. The number of carbonyl (C=O) groups is 1. The van der Waals surface area contributed by atoms with E-state index in [-0.39, 0.29) is 11.3 Å². The van der Waals surface area contributed by atoms with Gasteiger partial charge in [0.1, 0.15) is 11.8 Å². The molecule has 108 valence electrons. The number of pyridine rings is 1. The predicted octanol–water partition coefficient (Wildman–Crippen LogP) is 2.24. The zero-order valence-corrected chi connectivity index (χ0v) is 12.5. The zero-order valence-electron chi connectivity index (χ0n) is 12.5. The first-order valence-corrected chi connectivity index (χ1v) is 6.53. The molecule has 1 N–H and O–H groups in total. The van der Waals surface area contributed by atoms with Gasteiger partial charge in [0.25, 0.3) is 5.91 Å². The molecule has 0 aliphatic rings. The number of nitrogens with one attached hydrogen (secondary N) is 1. The van der Waals surface area contributed by atoms with E-state index in [0.717, 1.165) is 5.69 Å². The third-order valence-electron chi connectivity index (χ3n) is 3.07. The fourth-order valence-corrected chi connectivity index (χ4v) is 1.83. The number of hydrogen-bond acceptors (Lipinski definition) is 4. The van der Waals surface area contributed by atoms with Gasteiger partial charge in [-0.3, -0.25) is 14.5 Å². The molecule has 21 heavy (non-hydrogen) atoms. The molecule has 0 saturated heterocycles. The molecule has 0 saturated carbocycles. The number of anilines is 1. The Morgan fingerprint density at radius 1 is 1.43 bits per heavy atom. The molecular weight excluding hydrogens is 266 g/mol. The Labute approximate surface area is 123 Å². The summed E-state index contributed by atoms with van der Waals surface area (Å²) < 4.78 is 1.54. The lowest BCUT2D eigenvalue weighted by Gasteiger charge is -2.13. The number of rotatable bonds is 2. The van der Waals surface area contributed by atoms with Crippen LogP contribution in [0.4, 0.5) is 5.69 Å². The largest absolute Gasteiger partial charge is 0.319 e. The summed E-state index contributed by atoms with van der Waals surface area (Å²) >= 11 is 0. The molecular formula is C15H17N5O. The summed E-state index contributed by atoms with van der Waals surface area (Å²) in [4.78, 5) is 16.2. The number of carbonyl (C=O) groups excluding carboxylic acids is 1. The average Bonchev–Trinajstić information content (AvgIpc) is 2.81. The van der Waals surface area contributed by atoms with E-state index in [1.165, 1.54) is 12.4 Å². The van der Waals surface area contributed by atoms with Gasteiger partial charge in [0, 0.05) is 24.9 Å². The standard InChI is InChI=1S/C15H17N5O/c1-15(2,3)13-7-12(20(4)19-13)14(21)18-11-5-6-17-9-10(11)8-16/h5-7,9H,1-4H3,(H,17,18,21). The molecule has 2 aromatic heterocycles. The zero-order chi connectivity index (χ0) is 15.6. The molecule has 6 heteroatoms. The first kappa shape index (κ1) is 14.7. The van der Waals surface area contributed by atoms with Crippen molar-refractivity contribution in [3.63, 3.8) is 0 Å². The lowest BCUT2D eigenvalue weighted by Crippen LogP contribution is -2.16. The summed E-state index contributed by atoms with van der Waals surface area (Å²) in [5.74, 6) is -0.303. The molecule has 2 aromatic rings. The minimum Gasteiger partial charge on any atom is -0.319 e. The van der Waals surface area contributed by atoms with Crippen LogP contribution in [0.3, 0.4) is 0 Å². The highest BCUT2D eigenvalue weighted by Crippen LogP contribution is 2.22. The summed E-state index contributed by atoms with van der Waals surface area (Å²) in [5.41, 5.74) is 1.91. The molecule has 2 heterocycles. The first-order chi connectivity index (χ1) is 9.82. The molecule has 0 unspecified atom stereocenters. The van der Waals surface area contributed by atoms with E-state index in [0.29, 0.717) is 16.9 Å².